The lowest BCUT2D eigenvalue weighted by Gasteiger charge is -2.25. The number of carbonyl (C=O) groups excluding carboxylic acids is 1. The molecule has 0 saturated heterocycles. The average Bonchev–Trinajstić information content (AvgIpc) is 2.51. The molecule has 0 aromatic heterocycles. The van der Waals surface area contributed by atoms with E-state index in [-0.39, 0.29) is 11.8 Å². The number of benzene rings is 2. The molecule has 0 heterocycles. The maximum atomic E-state index is 12.5. The van der Waals surface area contributed by atoms with Gasteiger partial charge in [-0.1, -0.05) is 47.1 Å². The zero-order valence-electron chi connectivity index (χ0n) is 12.2. The molecule has 0 unspecified atom stereocenters. The molecule has 3 rings (SSSR count). The van der Waals surface area contributed by atoms with Gasteiger partial charge in [-0.25, -0.2) is 0 Å². The molecule has 2 aromatic carbocycles. The highest BCUT2D eigenvalue weighted by molar-refractivity contribution is 9.10. The molecular weight excluding hydrogens is 326 g/mol. The lowest BCUT2D eigenvalue weighted by atomic mass is 9.82. The standard InChI is InChI=1S/C18H20BrNO/c1-12-6-8-13(9-7-12)18(21)20-17-11-10-16(19)14-4-2-3-5-15(14)17/h2-5,10-13H,6-9H2,1H3,(H,20,21). The van der Waals surface area contributed by atoms with Crippen LogP contribution in [0.5, 0.6) is 0 Å². The summed E-state index contributed by atoms with van der Waals surface area (Å²) in [6, 6.07) is 12.1. The fourth-order valence-electron chi connectivity index (χ4n) is 3.13. The van der Waals surface area contributed by atoms with E-state index in [0.29, 0.717) is 0 Å². The van der Waals surface area contributed by atoms with Crippen LogP contribution in [-0.4, -0.2) is 5.91 Å². The first-order valence-electron chi connectivity index (χ1n) is 7.63. The third-order valence-corrected chi connectivity index (χ3v) is 5.21. The molecule has 0 radical (unpaired) electrons. The smallest absolute Gasteiger partial charge is 0.227 e. The van der Waals surface area contributed by atoms with Gasteiger partial charge in [0.05, 0.1) is 0 Å². The van der Waals surface area contributed by atoms with Crippen molar-refractivity contribution in [1.82, 2.24) is 0 Å². The van der Waals surface area contributed by atoms with Gasteiger partial charge in [0.2, 0.25) is 5.91 Å². The van der Waals surface area contributed by atoms with E-state index in [1.165, 1.54) is 12.8 Å². The Morgan fingerprint density at radius 2 is 1.71 bits per heavy atom. The molecule has 0 aliphatic heterocycles. The van der Waals surface area contributed by atoms with Crippen LogP contribution in [0.15, 0.2) is 40.9 Å². The van der Waals surface area contributed by atoms with Crippen molar-refractivity contribution in [3.63, 3.8) is 0 Å². The molecule has 3 heteroatoms. The summed E-state index contributed by atoms with van der Waals surface area (Å²) in [7, 11) is 0. The largest absolute Gasteiger partial charge is 0.325 e. The van der Waals surface area contributed by atoms with Crippen molar-refractivity contribution in [2.24, 2.45) is 11.8 Å². The summed E-state index contributed by atoms with van der Waals surface area (Å²) >= 11 is 3.57. The Morgan fingerprint density at radius 1 is 1.05 bits per heavy atom. The molecule has 1 fully saturated rings. The summed E-state index contributed by atoms with van der Waals surface area (Å²) in [4.78, 5) is 12.5. The van der Waals surface area contributed by atoms with Crippen molar-refractivity contribution in [2.45, 2.75) is 32.6 Å². The highest BCUT2D eigenvalue weighted by Crippen LogP contribution is 2.32. The molecule has 21 heavy (non-hydrogen) atoms. The van der Waals surface area contributed by atoms with Crippen molar-refractivity contribution in [1.29, 1.82) is 0 Å². The quantitative estimate of drug-likeness (QED) is 0.778. The fraction of sp³-hybridized carbons (Fsp3) is 0.389. The van der Waals surface area contributed by atoms with Crippen LogP contribution >= 0.6 is 15.9 Å². The number of halogens is 1. The van der Waals surface area contributed by atoms with Gasteiger partial charge in [-0.15, -0.1) is 0 Å². The summed E-state index contributed by atoms with van der Waals surface area (Å²) in [5.41, 5.74) is 0.914. The van der Waals surface area contributed by atoms with Gasteiger partial charge in [0.1, 0.15) is 0 Å². The number of rotatable bonds is 2. The van der Waals surface area contributed by atoms with E-state index in [4.69, 9.17) is 0 Å². The maximum Gasteiger partial charge on any atom is 0.227 e. The highest BCUT2D eigenvalue weighted by Gasteiger charge is 2.24. The SMILES string of the molecule is CC1CCC(C(=O)Nc2ccc(Br)c3ccccc23)CC1. The van der Waals surface area contributed by atoms with Crippen molar-refractivity contribution in [3.8, 4) is 0 Å². The van der Waals surface area contributed by atoms with E-state index in [1.54, 1.807) is 0 Å². The minimum atomic E-state index is 0.170. The number of anilines is 1. The first-order valence-corrected chi connectivity index (χ1v) is 8.42. The minimum absolute atomic E-state index is 0.170. The van der Waals surface area contributed by atoms with Crippen LogP contribution in [-0.2, 0) is 4.79 Å². The van der Waals surface area contributed by atoms with Crippen LogP contribution in [0.25, 0.3) is 10.8 Å². The van der Waals surface area contributed by atoms with Gasteiger partial charge in [0.25, 0.3) is 0 Å². The van der Waals surface area contributed by atoms with E-state index < -0.39 is 0 Å². The molecule has 1 N–H and O–H groups in total. The number of amides is 1. The Labute approximate surface area is 134 Å². The zero-order valence-corrected chi connectivity index (χ0v) is 13.8. The van der Waals surface area contributed by atoms with Crippen LogP contribution < -0.4 is 5.32 Å². The molecule has 1 aliphatic rings. The van der Waals surface area contributed by atoms with Gasteiger partial charge in [0.15, 0.2) is 0 Å². The Hall–Kier alpha value is -1.35. The lowest BCUT2D eigenvalue weighted by Crippen LogP contribution is -2.26. The van der Waals surface area contributed by atoms with Crippen molar-refractivity contribution in [3.05, 3.63) is 40.9 Å². The summed E-state index contributed by atoms with van der Waals surface area (Å²) in [5.74, 6) is 1.11. The molecule has 2 nitrogen and oxygen atoms in total. The van der Waals surface area contributed by atoms with E-state index in [1.807, 2.05) is 24.3 Å². The first kappa shape index (κ1) is 14.6. The first-order chi connectivity index (χ1) is 10.1. The molecular formula is C18H20BrNO. The maximum absolute atomic E-state index is 12.5. The predicted octanol–water partition coefficient (Wildman–Crippen LogP) is 5.37. The molecule has 1 amide bonds. The molecule has 1 aliphatic carbocycles. The Morgan fingerprint density at radius 3 is 2.43 bits per heavy atom. The van der Waals surface area contributed by atoms with Crippen molar-refractivity contribution < 1.29 is 4.79 Å². The molecule has 0 bridgehead atoms. The van der Waals surface area contributed by atoms with Crippen LogP contribution in [0.2, 0.25) is 0 Å². The van der Waals surface area contributed by atoms with Gasteiger partial charge in [-0.3, -0.25) is 4.79 Å². The number of nitrogens with one attached hydrogen (secondary N) is 1. The number of fused-ring (bicyclic) bond motifs is 1. The third-order valence-electron chi connectivity index (χ3n) is 4.52. The zero-order chi connectivity index (χ0) is 14.8. The fourth-order valence-corrected chi connectivity index (χ4v) is 3.61. The monoisotopic (exact) mass is 345 g/mol. The van der Waals surface area contributed by atoms with Gasteiger partial charge < -0.3 is 5.32 Å². The Kier molecular flexibility index (Phi) is 4.29. The van der Waals surface area contributed by atoms with Gasteiger partial charge in [-0.05, 0) is 49.1 Å². The minimum Gasteiger partial charge on any atom is -0.325 e. The van der Waals surface area contributed by atoms with Crippen LogP contribution in [0.3, 0.4) is 0 Å². The topological polar surface area (TPSA) is 29.1 Å². The number of carbonyl (C=O) groups is 1. The van der Waals surface area contributed by atoms with Crippen LogP contribution in [0, 0.1) is 11.8 Å². The molecule has 1 saturated carbocycles. The van der Waals surface area contributed by atoms with Crippen molar-refractivity contribution >= 4 is 38.3 Å². The highest BCUT2D eigenvalue weighted by atomic mass is 79.9. The molecule has 110 valence electrons. The van der Waals surface area contributed by atoms with Gasteiger partial charge >= 0.3 is 0 Å². The van der Waals surface area contributed by atoms with Gasteiger partial charge in [-0.2, -0.15) is 0 Å². The van der Waals surface area contributed by atoms with Crippen LogP contribution in [0.4, 0.5) is 5.69 Å². The van der Waals surface area contributed by atoms with Crippen LogP contribution in [0.1, 0.15) is 32.6 Å². The summed E-state index contributed by atoms with van der Waals surface area (Å²) < 4.78 is 1.06. The number of hydrogen-bond donors (Lipinski definition) is 1. The number of hydrogen-bond acceptors (Lipinski definition) is 1. The summed E-state index contributed by atoms with van der Waals surface area (Å²) in [5, 5.41) is 5.36. The predicted molar refractivity (Wildman–Crippen MR) is 91.4 cm³/mol. The van der Waals surface area contributed by atoms with Gasteiger partial charge in [0, 0.05) is 21.5 Å². The lowest BCUT2D eigenvalue weighted by molar-refractivity contribution is -0.121. The summed E-state index contributed by atoms with van der Waals surface area (Å²) in [6.45, 7) is 2.27. The molecule has 0 atom stereocenters. The average molecular weight is 346 g/mol. The third kappa shape index (κ3) is 3.13. The Balaban J connectivity index is 1.82. The second-order valence-corrected chi connectivity index (χ2v) is 6.94. The molecule has 0 spiro atoms. The Bertz CT molecular complexity index is 659. The second-order valence-electron chi connectivity index (χ2n) is 6.09. The second kappa shape index (κ2) is 6.18. The van der Waals surface area contributed by atoms with E-state index in [9.17, 15) is 4.79 Å². The normalized spacial score (nSPS) is 22.2. The van der Waals surface area contributed by atoms with Crippen molar-refractivity contribution in [2.75, 3.05) is 5.32 Å². The molecule has 2 aromatic rings. The summed E-state index contributed by atoms with van der Waals surface area (Å²) in [6.07, 6.45) is 4.36. The van der Waals surface area contributed by atoms with E-state index >= 15 is 0 Å². The van der Waals surface area contributed by atoms with E-state index in [0.717, 1.165) is 39.7 Å². The van der Waals surface area contributed by atoms with E-state index in [2.05, 4.69) is 40.3 Å².